The highest BCUT2D eigenvalue weighted by Gasteiger charge is 2.69. The van der Waals surface area contributed by atoms with Crippen LogP contribution in [0.4, 0.5) is 0 Å². The van der Waals surface area contributed by atoms with Gasteiger partial charge in [-0.05, 0) is 0 Å². The number of rotatable bonds is 4. The first-order valence-electron chi connectivity index (χ1n) is 6.37. The quantitative estimate of drug-likeness (QED) is 0.225. The van der Waals surface area contributed by atoms with E-state index in [1.807, 2.05) is 0 Å². The second-order valence-corrected chi connectivity index (χ2v) is 8.76. The highest BCUT2D eigenvalue weighted by atomic mass is 31.2. The number of aromatic nitrogens is 2. The van der Waals surface area contributed by atoms with Gasteiger partial charge in [0.25, 0.3) is 5.56 Å². The molecule has 0 aliphatic carbocycles. The predicted octanol–water partition coefficient (Wildman–Crippen LogP) is -3.84. The molecule has 1 aliphatic rings. The number of hydrogen-bond donors (Lipinski definition) is 8. The summed E-state index contributed by atoms with van der Waals surface area (Å²) in [5.41, 5.74) is -2.20. The average molecular weight is 404 g/mol. The number of hydrogen-bond acceptors (Lipinski definition) is 8. The molecule has 2 heterocycles. The Morgan fingerprint density at radius 2 is 1.80 bits per heavy atom. The Kier molecular flexibility index (Phi) is 5.00. The summed E-state index contributed by atoms with van der Waals surface area (Å²) < 4.78 is 27.9. The molecule has 1 fully saturated rings. The summed E-state index contributed by atoms with van der Waals surface area (Å²) >= 11 is 0. The maximum atomic E-state index is 11.8. The van der Waals surface area contributed by atoms with E-state index in [0.29, 0.717) is 6.20 Å². The number of nitrogens with zero attached hydrogens (tertiary/aromatic N) is 1. The van der Waals surface area contributed by atoms with E-state index >= 15 is 0 Å². The molecule has 1 unspecified atom stereocenters. The maximum absolute atomic E-state index is 11.8. The van der Waals surface area contributed by atoms with Gasteiger partial charge in [0, 0.05) is 12.3 Å². The Labute approximate surface area is 137 Å². The summed E-state index contributed by atoms with van der Waals surface area (Å²) in [5, 5.41) is 26.4. The fourth-order valence-electron chi connectivity index (χ4n) is 2.33. The third kappa shape index (κ3) is 3.29. The number of aliphatic hydroxyl groups excluding tert-OH is 2. The summed E-state index contributed by atoms with van der Waals surface area (Å²) in [5.74, 6) is -2.76. The fraction of sp³-hybridized carbons (Fsp3) is 0.556. The topological polar surface area (TPSA) is 240 Å². The molecule has 14 nitrogen and oxygen atoms in total. The second kappa shape index (κ2) is 6.21. The van der Waals surface area contributed by atoms with Gasteiger partial charge in [-0.25, -0.2) is 4.79 Å². The molecule has 1 aliphatic heterocycles. The highest BCUT2D eigenvalue weighted by molar-refractivity contribution is 7.53. The summed E-state index contributed by atoms with van der Waals surface area (Å²) in [6.07, 6.45) is -6.76. The van der Waals surface area contributed by atoms with Crippen LogP contribution in [0, 0.1) is 0 Å². The zero-order chi connectivity index (χ0) is 19.4. The van der Waals surface area contributed by atoms with Crippen LogP contribution in [-0.4, -0.2) is 67.8 Å². The lowest BCUT2D eigenvalue weighted by Crippen LogP contribution is -2.49. The summed E-state index contributed by atoms with van der Waals surface area (Å²) in [7, 11) is -11.0. The number of H-pyrrole nitrogens is 1. The van der Waals surface area contributed by atoms with Gasteiger partial charge in [0.15, 0.2) is 12.1 Å². The van der Waals surface area contributed by atoms with Gasteiger partial charge in [-0.3, -0.25) is 23.5 Å². The molecule has 0 bridgehead atoms. The van der Waals surface area contributed by atoms with Crippen LogP contribution >= 0.6 is 15.2 Å². The molecule has 2 rings (SSSR count). The van der Waals surface area contributed by atoms with Gasteiger partial charge in [-0.1, -0.05) is 0 Å². The van der Waals surface area contributed by atoms with E-state index in [1.54, 1.807) is 4.98 Å². The molecular formula is C9H14N2O12P2. The highest BCUT2D eigenvalue weighted by Crippen LogP contribution is 2.62. The number of aromatic amines is 1. The molecule has 5 atom stereocenters. The van der Waals surface area contributed by atoms with Crippen molar-refractivity contribution >= 4 is 15.2 Å². The molecular weight excluding hydrogens is 390 g/mol. The van der Waals surface area contributed by atoms with Crippen molar-refractivity contribution in [3.63, 3.8) is 0 Å². The van der Waals surface area contributed by atoms with Crippen molar-refractivity contribution in [2.45, 2.75) is 29.6 Å². The molecule has 0 aromatic carbocycles. The van der Waals surface area contributed by atoms with Gasteiger partial charge >= 0.3 is 20.9 Å². The molecule has 1 saturated heterocycles. The first kappa shape index (κ1) is 20.1. The van der Waals surface area contributed by atoms with E-state index in [0.717, 1.165) is 6.07 Å². The molecule has 142 valence electrons. The van der Waals surface area contributed by atoms with Crippen molar-refractivity contribution in [3.8, 4) is 0 Å². The molecule has 0 amide bonds. The summed E-state index contributed by atoms with van der Waals surface area (Å²) in [6, 6.07) is 0.726. The molecule has 0 spiro atoms. The van der Waals surface area contributed by atoms with E-state index < -0.39 is 56.1 Å². The standard InChI is InChI=1S/C9H14N2O12P2/c12-3-1-2-11(8(15)10-3)7-9(16,25(20,21)22)5(13)4(23-7)6(14)24(17,18)19/h1-2,4-7,13-14,16H,(H,10,12,15)(H2,17,18,19)(H2,20,21,22)/t4-,5+,6?,7+,9-/m0/s1. The lowest BCUT2D eigenvalue weighted by atomic mass is 10.1. The smallest absolute Gasteiger partial charge is 0.364 e. The largest absolute Gasteiger partial charge is 0.386 e. The van der Waals surface area contributed by atoms with E-state index in [2.05, 4.69) is 0 Å². The van der Waals surface area contributed by atoms with Crippen molar-refractivity contribution in [3.05, 3.63) is 33.1 Å². The molecule has 25 heavy (non-hydrogen) atoms. The molecule has 0 radical (unpaired) electrons. The number of ether oxygens (including phenoxy) is 1. The fourth-order valence-corrected chi connectivity index (χ4v) is 3.92. The Morgan fingerprint density at radius 3 is 2.24 bits per heavy atom. The monoisotopic (exact) mass is 404 g/mol. The van der Waals surface area contributed by atoms with Crippen LogP contribution in [0.1, 0.15) is 6.23 Å². The SMILES string of the molecule is O=c1ccn([C@@H]2O[C@H](C(O)P(=O)(O)O)[C@@H](O)[C@]2(O)P(=O)(O)O)c(=O)[nH]1. The lowest BCUT2D eigenvalue weighted by Gasteiger charge is -2.31. The van der Waals surface area contributed by atoms with Crippen LogP contribution in [0.3, 0.4) is 0 Å². The molecule has 16 heteroatoms. The van der Waals surface area contributed by atoms with Crippen LogP contribution in [0.2, 0.25) is 0 Å². The van der Waals surface area contributed by atoms with Gasteiger partial charge in [0.05, 0.1) is 0 Å². The van der Waals surface area contributed by atoms with E-state index in [4.69, 9.17) is 14.5 Å². The third-order valence-electron chi connectivity index (χ3n) is 3.60. The maximum Gasteiger partial charge on any atom is 0.364 e. The zero-order valence-corrected chi connectivity index (χ0v) is 13.8. The van der Waals surface area contributed by atoms with Gasteiger partial charge < -0.3 is 39.6 Å². The number of aliphatic hydroxyl groups is 3. The minimum Gasteiger partial charge on any atom is -0.386 e. The van der Waals surface area contributed by atoms with Gasteiger partial charge in [0.1, 0.15) is 12.2 Å². The van der Waals surface area contributed by atoms with Crippen molar-refractivity contribution in [1.82, 2.24) is 9.55 Å². The van der Waals surface area contributed by atoms with E-state index in [-0.39, 0.29) is 4.57 Å². The Bertz CT molecular complexity index is 868. The lowest BCUT2D eigenvalue weighted by molar-refractivity contribution is -0.0805. The molecule has 8 N–H and O–H groups in total. The van der Waals surface area contributed by atoms with E-state index in [9.17, 15) is 43.8 Å². The minimum atomic E-state index is -5.70. The van der Waals surface area contributed by atoms with Crippen LogP contribution < -0.4 is 11.2 Å². The Morgan fingerprint density at radius 1 is 1.24 bits per heavy atom. The first-order valence-corrected chi connectivity index (χ1v) is 9.67. The molecule has 1 aromatic rings. The van der Waals surface area contributed by atoms with Crippen molar-refractivity contribution in [2.75, 3.05) is 0 Å². The van der Waals surface area contributed by atoms with Crippen molar-refractivity contribution < 1.29 is 48.8 Å². The van der Waals surface area contributed by atoms with Gasteiger partial charge in [-0.15, -0.1) is 0 Å². The Hall–Kier alpha value is -1.18. The Balaban J connectivity index is 2.65. The average Bonchev–Trinajstić information content (AvgIpc) is 2.71. The van der Waals surface area contributed by atoms with Crippen LogP contribution in [-0.2, 0) is 13.9 Å². The number of nitrogens with one attached hydrogen (secondary N) is 1. The van der Waals surface area contributed by atoms with Gasteiger partial charge in [0.2, 0.25) is 5.34 Å². The van der Waals surface area contributed by atoms with Crippen molar-refractivity contribution in [1.29, 1.82) is 0 Å². The van der Waals surface area contributed by atoms with Crippen LogP contribution in [0.15, 0.2) is 21.9 Å². The normalized spacial score (nSPS) is 31.9. The third-order valence-corrected chi connectivity index (χ3v) is 6.01. The van der Waals surface area contributed by atoms with Crippen molar-refractivity contribution in [2.24, 2.45) is 0 Å². The first-order chi connectivity index (χ1) is 11.2. The minimum absolute atomic E-state index is 0.288. The summed E-state index contributed by atoms with van der Waals surface area (Å²) in [6.45, 7) is 0. The van der Waals surface area contributed by atoms with Crippen LogP contribution in [0.25, 0.3) is 0 Å². The zero-order valence-electron chi connectivity index (χ0n) is 12.0. The second-order valence-electron chi connectivity index (χ2n) is 5.25. The van der Waals surface area contributed by atoms with E-state index in [1.165, 1.54) is 0 Å². The molecule has 0 saturated carbocycles. The summed E-state index contributed by atoms with van der Waals surface area (Å²) in [4.78, 5) is 61.3. The predicted molar refractivity (Wildman–Crippen MR) is 76.3 cm³/mol. The molecule has 1 aromatic heterocycles. The van der Waals surface area contributed by atoms with Gasteiger partial charge in [-0.2, -0.15) is 0 Å². The van der Waals surface area contributed by atoms with Crippen LogP contribution in [0.5, 0.6) is 0 Å².